The Labute approximate surface area is 200 Å². The van der Waals surface area contributed by atoms with Gasteiger partial charge in [0.25, 0.3) is 5.89 Å². The van der Waals surface area contributed by atoms with Crippen LogP contribution in [0.2, 0.25) is 0 Å². The molecule has 2 aromatic carbocycles. The summed E-state index contributed by atoms with van der Waals surface area (Å²) >= 11 is 0. The zero-order chi connectivity index (χ0) is 23.5. The van der Waals surface area contributed by atoms with Crippen LogP contribution >= 0.6 is 0 Å². The highest BCUT2D eigenvalue weighted by Gasteiger charge is 2.31. The van der Waals surface area contributed by atoms with Crippen molar-refractivity contribution in [2.45, 2.75) is 63.5 Å². The lowest BCUT2D eigenvalue weighted by molar-refractivity contribution is 0.0944. The summed E-state index contributed by atoms with van der Waals surface area (Å²) in [6.07, 6.45) is 8.33. The lowest BCUT2D eigenvalue weighted by atomic mass is 9.69. The van der Waals surface area contributed by atoms with E-state index in [1.807, 2.05) is 0 Å². The molecule has 1 aliphatic carbocycles. The molecule has 0 bridgehead atoms. The maximum atomic E-state index is 11.3. The Bertz CT molecular complexity index is 1140. The van der Waals surface area contributed by atoms with Crippen LogP contribution in [0.3, 0.4) is 0 Å². The van der Waals surface area contributed by atoms with Crippen molar-refractivity contribution >= 4 is 5.91 Å². The fraction of sp³-hybridized carbons (Fsp3) is 0.444. The van der Waals surface area contributed by atoms with E-state index in [0.717, 1.165) is 37.1 Å². The molecule has 178 valence electrons. The highest BCUT2D eigenvalue weighted by molar-refractivity contribution is 5.93. The third kappa shape index (κ3) is 4.76. The van der Waals surface area contributed by atoms with E-state index >= 15 is 0 Å². The Morgan fingerprint density at radius 3 is 2.59 bits per heavy atom. The average molecular weight is 461 g/mol. The van der Waals surface area contributed by atoms with Gasteiger partial charge in [-0.25, -0.2) is 0 Å². The molecule has 3 N–H and O–H groups in total. The third-order valence-electron chi connectivity index (χ3n) is 7.29. The molecule has 3 aromatic rings. The van der Waals surface area contributed by atoms with Crippen LogP contribution in [0.5, 0.6) is 0 Å². The fourth-order valence-electron chi connectivity index (χ4n) is 5.28. The van der Waals surface area contributed by atoms with Gasteiger partial charge in [0.1, 0.15) is 6.23 Å². The minimum atomic E-state index is -0.461. The van der Waals surface area contributed by atoms with E-state index in [2.05, 4.69) is 40.6 Å². The summed E-state index contributed by atoms with van der Waals surface area (Å²) in [6, 6.07) is 13.5. The predicted octanol–water partition coefficient (Wildman–Crippen LogP) is 4.60. The van der Waals surface area contributed by atoms with Crippen molar-refractivity contribution in [1.29, 1.82) is 0 Å². The first-order chi connectivity index (χ1) is 16.5. The van der Waals surface area contributed by atoms with Gasteiger partial charge in [0.2, 0.25) is 11.7 Å². The SMILES string of the molecule is CC1(c2cc(-c3noc(-c4ccc(C(N)=O)cc4)n3)ccc2CCC2NCCO2)CCCCC1. The van der Waals surface area contributed by atoms with Crippen LogP contribution in [0.25, 0.3) is 22.8 Å². The van der Waals surface area contributed by atoms with Crippen molar-refractivity contribution in [3.8, 4) is 22.8 Å². The second-order valence-corrected chi connectivity index (χ2v) is 9.71. The van der Waals surface area contributed by atoms with Crippen LogP contribution < -0.4 is 11.1 Å². The van der Waals surface area contributed by atoms with Crippen molar-refractivity contribution < 1.29 is 14.1 Å². The molecule has 1 saturated heterocycles. The standard InChI is InChI=1S/C27H32N4O3/c1-27(13-3-2-4-14-27)22-17-21(10-5-18(22)11-12-23-29-15-16-33-23)25-30-26(34-31-25)20-8-6-19(7-9-20)24(28)32/h5-10,17,23,29H,2-4,11-16H2,1H3,(H2,28,32). The number of benzene rings is 2. The van der Waals surface area contributed by atoms with Gasteiger partial charge in [0.15, 0.2) is 0 Å². The number of carbonyl (C=O) groups is 1. The molecule has 7 heteroatoms. The highest BCUT2D eigenvalue weighted by atomic mass is 16.5. The molecule has 5 rings (SSSR count). The molecule has 2 heterocycles. The van der Waals surface area contributed by atoms with E-state index in [1.165, 1.54) is 43.2 Å². The molecule has 34 heavy (non-hydrogen) atoms. The number of nitrogens with two attached hydrogens (primary N) is 1. The lowest BCUT2D eigenvalue weighted by Gasteiger charge is -2.36. The van der Waals surface area contributed by atoms with E-state index in [0.29, 0.717) is 17.3 Å². The summed E-state index contributed by atoms with van der Waals surface area (Å²) in [4.78, 5) is 16.0. The van der Waals surface area contributed by atoms with Crippen LogP contribution in [-0.2, 0) is 16.6 Å². The normalized spacial score (nSPS) is 19.9. The molecule has 2 aliphatic rings. The second-order valence-electron chi connectivity index (χ2n) is 9.71. The van der Waals surface area contributed by atoms with E-state index in [1.54, 1.807) is 24.3 Å². The van der Waals surface area contributed by atoms with Gasteiger partial charge in [0, 0.05) is 23.2 Å². The first kappa shape index (κ1) is 22.7. The number of rotatable bonds is 7. The molecule has 2 fully saturated rings. The van der Waals surface area contributed by atoms with E-state index in [-0.39, 0.29) is 11.6 Å². The van der Waals surface area contributed by atoms with Crippen molar-refractivity contribution in [2.75, 3.05) is 13.2 Å². The molecule has 1 aliphatic heterocycles. The Morgan fingerprint density at radius 1 is 1.12 bits per heavy atom. The number of hydrogen-bond donors (Lipinski definition) is 2. The van der Waals surface area contributed by atoms with Crippen molar-refractivity contribution in [3.63, 3.8) is 0 Å². The molecular weight excluding hydrogens is 428 g/mol. The van der Waals surface area contributed by atoms with Gasteiger partial charge in [-0.05, 0) is 72.6 Å². The van der Waals surface area contributed by atoms with Gasteiger partial charge in [-0.2, -0.15) is 4.98 Å². The van der Waals surface area contributed by atoms with Crippen LogP contribution in [-0.4, -0.2) is 35.4 Å². The largest absolute Gasteiger partial charge is 0.366 e. The van der Waals surface area contributed by atoms with Gasteiger partial charge in [-0.15, -0.1) is 0 Å². The summed E-state index contributed by atoms with van der Waals surface area (Å²) in [5.41, 5.74) is 10.4. The molecule has 0 radical (unpaired) electrons. The van der Waals surface area contributed by atoms with Gasteiger partial charge in [-0.3, -0.25) is 10.1 Å². The number of primary amides is 1. The zero-order valence-electron chi connectivity index (χ0n) is 19.7. The first-order valence-corrected chi connectivity index (χ1v) is 12.2. The number of aromatic nitrogens is 2. The monoisotopic (exact) mass is 460 g/mol. The molecule has 0 spiro atoms. The molecule has 1 saturated carbocycles. The van der Waals surface area contributed by atoms with Crippen molar-refractivity contribution in [3.05, 3.63) is 59.2 Å². The van der Waals surface area contributed by atoms with Crippen LogP contribution in [0.1, 0.15) is 66.9 Å². The van der Waals surface area contributed by atoms with Gasteiger partial charge in [-0.1, -0.05) is 43.5 Å². The topological polar surface area (TPSA) is 103 Å². The number of nitrogens with zero attached hydrogens (tertiary/aromatic N) is 2. The molecule has 1 amide bonds. The van der Waals surface area contributed by atoms with Gasteiger partial charge >= 0.3 is 0 Å². The molecular formula is C27H32N4O3. The summed E-state index contributed by atoms with van der Waals surface area (Å²) in [5.74, 6) is 0.531. The number of amides is 1. The number of nitrogens with one attached hydrogen (secondary N) is 1. The number of ether oxygens (including phenoxy) is 1. The molecule has 7 nitrogen and oxygen atoms in total. The van der Waals surface area contributed by atoms with Crippen molar-refractivity contribution in [1.82, 2.24) is 15.5 Å². The molecule has 1 atom stereocenters. The van der Waals surface area contributed by atoms with E-state index in [4.69, 9.17) is 15.0 Å². The smallest absolute Gasteiger partial charge is 0.258 e. The summed E-state index contributed by atoms with van der Waals surface area (Å²) in [5, 5.41) is 7.68. The van der Waals surface area contributed by atoms with E-state index in [9.17, 15) is 4.79 Å². The summed E-state index contributed by atoms with van der Waals surface area (Å²) in [7, 11) is 0. The Kier molecular flexibility index (Phi) is 6.48. The molecule has 1 aromatic heterocycles. The number of carbonyl (C=O) groups excluding carboxylic acids is 1. The van der Waals surface area contributed by atoms with Crippen molar-refractivity contribution in [2.24, 2.45) is 5.73 Å². The Balaban J connectivity index is 1.43. The molecule has 1 unspecified atom stereocenters. The fourth-order valence-corrected chi connectivity index (χ4v) is 5.28. The van der Waals surface area contributed by atoms with Crippen LogP contribution in [0, 0.1) is 0 Å². The average Bonchev–Trinajstić information content (AvgIpc) is 3.56. The number of hydrogen-bond acceptors (Lipinski definition) is 6. The Morgan fingerprint density at radius 2 is 1.88 bits per heavy atom. The quantitative estimate of drug-likeness (QED) is 0.534. The highest BCUT2D eigenvalue weighted by Crippen LogP contribution is 2.42. The van der Waals surface area contributed by atoms with Crippen LogP contribution in [0.15, 0.2) is 47.0 Å². The zero-order valence-corrected chi connectivity index (χ0v) is 19.7. The maximum Gasteiger partial charge on any atom is 0.258 e. The van der Waals surface area contributed by atoms with Crippen LogP contribution in [0.4, 0.5) is 0 Å². The minimum Gasteiger partial charge on any atom is -0.366 e. The first-order valence-electron chi connectivity index (χ1n) is 12.2. The maximum absolute atomic E-state index is 11.3. The Hall–Kier alpha value is -3.03. The number of aryl methyl sites for hydroxylation is 1. The lowest BCUT2D eigenvalue weighted by Crippen LogP contribution is -2.28. The second kappa shape index (κ2) is 9.68. The van der Waals surface area contributed by atoms with E-state index < -0.39 is 5.91 Å². The third-order valence-corrected chi connectivity index (χ3v) is 7.29. The minimum absolute atomic E-state index is 0.146. The predicted molar refractivity (Wildman–Crippen MR) is 130 cm³/mol. The van der Waals surface area contributed by atoms with Gasteiger partial charge < -0.3 is 15.0 Å². The van der Waals surface area contributed by atoms with Gasteiger partial charge in [0.05, 0.1) is 6.61 Å². The summed E-state index contributed by atoms with van der Waals surface area (Å²) in [6.45, 7) is 4.13. The summed E-state index contributed by atoms with van der Waals surface area (Å²) < 4.78 is 11.3.